The Morgan fingerprint density at radius 2 is 0.727 bits per heavy atom. The summed E-state index contributed by atoms with van der Waals surface area (Å²) < 4.78 is 17.9. The number of thioether (sulfide) groups is 6. The number of benzene rings is 6. The second kappa shape index (κ2) is 46.8. The topological polar surface area (TPSA) is 601 Å². The van der Waals surface area contributed by atoms with Gasteiger partial charge in [0.15, 0.2) is 70.6 Å². The van der Waals surface area contributed by atoms with Crippen LogP contribution in [0.5, 0.6) is 0 Å². The van der Waals surface area contributed by atoms with Crippen LogP contribution < -0.4 is 50.6 Å². The van der Waals surface area contributed by atoms with E-state index in [4.69, 9.17) is 50.2 Å². The van der Waals surface area contributed by atoms with Gasteiger partial charge in [0, 0.05) is 5.75 Å². The Morgan fingerprint density at radius 3 is 1.06 bits per heavy atom. The molecule has 18 aromatic rings. The molecular formula is C89H83Cl2N27O15S6. The van der Waals surface area contributed by atoms with E-state index < -0.39 is 50.2 Å². The van der Waals surface area contributed by atoms with Crippen molar-refractivity contribution in [3.63, 3.8) is 0 Å². The standard InChI is InChI=1S/C17H16N4O4S.C15H13ClN4O3S.2C15H15N5O2S.C14H12ClN5O2S.C13H12N4O2S/c1-2-25-14(23)8-12(22)10-26-17-19-15-13(16(24)20-17)9-18-21(15)11-6-4-3-5-7-11;1-8(14(22)23-2)24-15-18-12-9(13(21)19-15)7-17-20(12)11-6-4-3-5-10(11)16;1-15(2,13(16)22)23-14-18-11-10(12(21)19-14)8-17-20(11)9-6-4-3-5-7-9;1-2-11(12(16)21)23-15-18-13-10(14(22)19-15)8-17-20(13)9-6-4-3-5-7-9;1-7(11(16)21)23-14-18-12-8(13(22)19-14)6-17-20(12)10-5-3-2-4-9(10)15;18-6-7-20-13-15-11-10(12(19)16-13)8-14-17(11)9-4-2-1-3-5-9/h3-7,9H,2,8,10H2,1H3,(H,19,20,24);3-8H,1-2H3,(H,18,19,21);3-8H,1-2H3,(H2,16,22)(H,18,19,21);3-8,11H,2H2,1H3,(H2,16,21)(H,18,19,22);2-7H,1H3,(H2,16,21)(H,18,19,22);1-5,8,18H,6-7H2,(H,15,16,19). The highest BCUT2D eigenvalue weighted by atomic mass is 35.5. The number of hydrogen-bond acceptors (Lipinski definition) is 33. The molecule has 50 heteroatoms. The number of ether oxygens (including phenoxy) is 2. The van der Waals surface area contributed by atoms with E-state index in [9.17, 15) is 57.5 Å². The van der Waals surface area contributed by atoms with Crippen LogP contribution in [0.2, 0.25) is 10.0 Å². The molecule has 0 saturated heterocycles. The minimum absolute atomic E-state index is 0.00668. The lowest BCUT2D eigenvalue weighted by Crippen LogP contribution is -2.35. The monoisotopic (exact) mass is 2030 g/mol. The first-order chi connectivity index (χ1) is 66.8. The number of aliphatic hydroxyl groups excluding tert-OH is 1. The third-order valence-corrected chi connectivity index (χ3v) is 26.2. The fourth-order valence-electron chi connectivity index (χ4n) is 12.5. The van der Waals surface area contributed by atoms with Gasteiger partial charge in [0.2, 0.25) is 17.7 Å². The number of carbonyl (C=O) groups is 6. The van der Waals surface area contributed by atoms with Crippen LogP contribution in [0.3, 0.4) is 0 Å². The van der Waals surface area contributed by atoms with E-state index in [1.54, 1.807) is 89.7 Å². The largest absolute Gasteiger partial charge is 0.468 e. The molecule has 3 atom stereocenters. The average molecular weight is 2030 g/mol. The van der Waals surface area contributed by atoms with Gasteiger partial charge in [0.1, 0.15) is 44.0 Å². The lowest BCUT2D eigenvalue weighted by atomic mass is 10.2. The van der Waals surface area contributed by atoms with Crippen molar-refractivity contribution < 1.29 is 43.3 Å². The highest BCUT2D eigenvalue weighted by Crippen LogP contribution is 2.33. The highest BCUT2D eigenvalue weighted by molar-refractivity contribution is 8.01. The number of halogens is 2. The van der Waals surface area contributed by atoms with E-state index in [1.165, 1.54) is 65.4 Å². The number of nitrogens with two attached hydrogens (primary N) is 3. The summed E-state index contributed by atoms with van der Waals surface area (Å²) in [6.07, 6.45) is 9.03. The van der Waals surface area contributed by atoms with E-state index in [0.29, 0.717) is 126 Å². The number of Topliss-reactive ketones (excluding diaryl/α,β-unsaturated/α-hetero) is 1. The third-order valence-electron chi connectivity index (χ3n) is 19.4. The Morgan fingerprint density at radius 1 is 0.417 bits per heavy atom. The molecule has 0 aliphatic carbocycles. The summed E-state index contributed by atoms with van der Waals surface area (Å²) in [6, 6.07) is 51.9. The Bertz CT molecular complexity index is 7910. The van der Waals surface area contributed by atoms with E-state index in [2.05, 4.69) is 95.1 Å². The van der Waals surface area contributed by atoms with Crippen molar-refractivity contribution >= 4 is 195 Å². The fourth-order valence-corrected chi connectivity index (χ4v) is 17.5. The summed E-state index contributed by atoms with van der Waals surface area (Å²) in [6.45, 7) is 10.5. The molecule has 0 bridgehead atoms. The zero-order chi connectivity index (χ0) is 99.3. The van der Waals surface area contributed by atoms with Crippen LogP contribution in [-0.4, -0.2) is 211 Å². The number of methoxy groups -OCH3 is 1. The Labute approximate surface area is 819 Å². The van der Waals surface area contributed by atoms with Crippen LogP contribution in [0.4, 0.5) is 0 Å². The molecule has 3 amide bonds. The van der Waals surface area contributed by atoms with E-state index in [1.807, 2.05) is 140 Å². The number of hydrogen-bond donors (Lipinski definition) is 10. The molecule has 0 fully saturated rings. The number of aromatic amines is 6. The van der Waals surface area contributed by atoms with Gasteiger partial charge in [-0.1, -0.05) is 198 Å². The molecule has 12 heterocycles. The number of nitrogens with one attached hydrogen (secondary N) is 6. The average Bonchev–Trinajstić information content (AvgIpc) is 1.59. The summed E-state index contributed by atoms with van der Waals surface area (Å²) in [4.78, 5) is 184. The lowest BCUT2D eigenvalue weighted by Gasteiger charge is -2.18. The van der Waals surface area contributed by atoms with Gasteiger partial charge < -0.3 is 61.7 Å². The normalized spacial score (nSPS) is 11.8. The van der Waals surface area contributed by atoms with Gasteiger partial charge in [0.05, 0.1) is 123 Å². The maximum Gasteiger partial charge on any atom is 0.318 e. The Balaban J connectivity index is 0.000000141. The first kappa shape index (κ1) is 102. The number of fused-ring (bicyclic) bond motifs is 6. The number of nitrogens with zero attached hydrogens (tertiary/aromatic N) is 18. The summed E-state index contributed by atoms with van der Waals surface area (Å²) in [5.41, 5.74) is 21.1. The summed E-state index contributed by atoms with van der Waals surface area (Å²) >= 11 is 19.2. The molecule has 0 spiro atoms. The van der Waals surface area contributed by atoms with Crippen molar-refractivity contribution in [1.29, 1.82) is 0 Å². The SMILES string of the molecule is CC(C)(Sc1nc2c(cnn2-c2ccccc2)c(=O)[nH]1)C(N)=O.CC(Sc1nc2c(cnn2-c2ccccc2Cl)c(=O)[nH]1)C(N)=O.CCC(Sc1nc2c(cnn2-c2ccccc2)c(=O)[nH]1)C(N)=O.CCOC(=O)CC(=O)CSc1nc2c(cnn2-c2ccccc2)c(=O)[nH]1.COC(=O)C(C)Sc1nc2c(cnn2-c2ccccc2Cl)c(=O)[nH]1.O=c1[nH]c(SCCO)nc2c1cnn2-c1ccccc1. The Hall–Kier alpha value is -14.9. The Kier molecular flexibility index (Phi) is 34.1. The van der Waals surface area contributed by atoms with Crippen LogP contribution in [0.15, 0.2) is 267 Å². The number of aliphatic hydroxyl groups is 1. The molecule has 3 unspecified atom stereocenters. The van der Waals surface area contributed by atoms with Gasteiger partial charge in [-0.3, -0.25) is 57.5 Å². The van der Waals surface area contributed by atoms with Gasteiger partial charge in [-0.05, 0) is 114 Å². The van der Waals surface area contributed by atoms with Crippen LogP contribution in [0.25, 0.3) is 100 Å². The van der Waals surface area contributed by atoms with Crippen LogP contribution in [-0.2, 0) is 38.2 Å². The second-order valence-electron chi connectivity index (χ2n) is 29.5. The van der Waals surface area contributed by atoms with Gasteiger partial charge in [0.25, 0.3) is 33.4 Å². The maximum absolute atomic E-state index is 12.2. The second-order valence-corrected chi connectivity index (χ2v) is 37.8. The van der Waals surface area contributed by atoms with Gasteiger partial charge in [-0.15, -0.1) is 0 Å². The van der Waals surface area contributed by atoms with Gasteiger partial charge in [-0.2, -0.15) is 30.6 Å². The molecule has 42 nitrogen and oxygen atoms in total. The molecule has 714 valence electrons. The summed E-state index contributed by atoms with van der Waals surface area (Å²) in [5, 5.41) is 38.0. The van der Waals surface area contributed by atoms with Crippen molar-refractivity contribution in [2.45, 2.75) is 106 Å². The van der Waals surface area contributed by atoms with Crippen molar-refractivity contribution in [1.82, 2.24) is 118 Å². The predicted octanol–water partition coefficient (Wildman–Crippen LogP) is 9.99. The molecule has 18 rings (SSSR count). The van der Waals surface area contributed by atoms with Gasteiger partial charge in [-0.25, -0.2) is 58.0 Å². The molecule has 0 radical (unpaired) electrons. The van der Waals surface area contributed by atoms with Crippen molar-refractivity contribution in [3.8, 4) is 34.1 Å². The summed E-state index contributed by atoms with van der Waals surface area (Å²) in [5.74, 6) is -2.18. The number of amides is 3. The summed E-state index contributed by atoms with van der Waals surface area (Å²) in [7, 11) is 1.31. The number of H-pyrrole nitrogens is 6. The first-order valence-electron chi connectivity index (χ1n) is 41.6. The molecule has 12 aromatic heterocycles. The number of esters is 2. The molecule has 139 heavy (non-hydrogen) atoms. The van der Waals surface area contributed by atoms with Crippen molar-refractivity contribution in [2.75, 3.05) is 31.8 Å². The third kappa shape index (κ3) is 25.1. The number of rotatable bonds is 28. The number of carbonyl (C=O) groups excluding carboxylic acids is 6. The number of aromatic nitrogens is 24. The van der Waals surface area contributed by atoms with Crippen LogP contribution in [0, 0.1) is 0 Å². The minimum Gasteiger partial charge on any atom is -0.468 e. The maximum atomic E-state index is 12.2. The predicted molar refractivity (Wildman–Crippen MR) is 532 cm³/mol. The first-order valence-corrected chi connectivity index (χ1v) is 47.8. The quantitative estimate of drug-likeness (QED) is 0.00943. The van der Waals surface area contributed by atoms with Crippen molar-refractivity contribution in [3.05, 3.63) is 279 Å². The lowest BCUT2D eigenvalue weighted by molar-refractivity contribution is -0.145. The highest BCUT2D eigenvalue weighted by Gasteiger charge is 2.30. The zero-order valence-corrected chi connectivity index (χ0v) is 80.7. The van der Waals surface area contributed by atoms with Crippen LogP contribution in [0.1, 0.15) is 54.4 Å². The molecule has 0 aliphatic heterocycles. The minimum atomic E-state index is -0.888. The number of para-hydroxylation sites is 6. The van der Waals surface area contributed by atoms with Crippen molar-refractivity contribution in [2.24, 2.45) is 17.2 Å². The molecule has 13 N–H and O–H groups in total. The molecule has 6 aromatic carbocycles. The molecular weight excluding hydrogens is 1950 g/mol. The molecule has 0 saturated carbocycles. The van der Waals surface area contributed by atoms with E-state index in [0.717, 1.165) is 81.6 Å². The smallest absolute Gasteiger partial charge is 0.318 e. The number of ketones is 1. The van der Waals surface area contributed by atoms with E-state index in [-0.39, 0.29) is 69.7 Å². The van der Waals surface area contributed by atoms with E-state index >= 15 is 0 Å². The van der Waals surface area contributed by atoms with Gasteiger partial charge >= 0.3 is 11.9 Å². The van der Waals surface area contributed by atoms with Crippen LogP contribution >= 0.6 is 93.8 Å². The molecule has 0 aliphatic rings. The number of primary amides is 3. The fraction of sp³-hybridized carbons (Fsp3) is 0.191. The zero-order valence-electron chi connectivity index (χ0n) is 74.3.